The molecule has 0 atom stereocenters. The SMILES string of the molecule is CN(CC(=O)NCc1cnc2scc(-c3ccc(Br)cc3)n12)C(=O)Cc1ccc(C#N)cc1. The first-order chi connectivity index (χ1) is 15.9. The summed E-state index contributed by atoms with van der Waals surface area (Å²) in [4.78, 5) is 31.6. The molecule has 0 saturated carbocycles. The number of benzene rings is 2. The molecule has 1 N–H and O–H groups in total. The first-order valence-corrected chi connectivity index (χ1v) is 11.8. The molecular weight excluding hydrogens is 502 g/mol. The van der Waals surface area contributed by atoms with E-state index in [4.69, 9.17) is 5.26 Å². The summed E-state index contributed by atoms with van der Waals surface area (Å²) < 4.78 is 3.04. The first-order valence-electron chi connectivity index (χ1n) is 10.1. The molecule has 0 saturated heterocycles. The molecule has 0 unspecified atom stereocenters. The molecule has 0 aliphatic carbocycles. The monoisotopic (exact) mass is 521 g/mol. The molecule has 0 fully saturated rings. The van der Waals surface area contributed by atoms with Crippen molar-refractivity contribution in [3.05, 3.63) is 81.4 Å². The van der Waals surface area contributed by atoms with Crippen LogP contribution in [0.5, 0.6) is 0 Å². The van der Waals surface area contributed by atoms with E-state index in [1.54, 1.807) is 48.8 Å². The summed E-state index contributed by atoms with van der Waals surface area (Å²) in [5.41, 5.74) is 4.28. The number of halogens is 1. The number of amides is 2. The Balaban J connectivity index is 1.36. The van der Waals surface area contributed by atoms with E-state index in [0.29, 0.717) is 12.1 Å². The van der Waals surface area contributed by atoms with Gasteiger partial charge in [0.05, 0.1) is 48.7 Å². The van der Waals surface area contributed by atoms with Crippen molar-refractivity contribution in [2.75, 3.05) is 13.6 Å². The number of nitriles is 1. The second-order valence-electron chi connectivity index (χ2n) is 7.51. The number of thiazole rings is 1. The van der Waals surface area contributed by atoms with Crippen molar-refractivity contribution in [1.29, 1.82) is 5.26 Å². The van der Waals surface area contributed by atoms with Crippen molar-refractivity contribution in [2.45, 2.75) is 13.0 Å². The number of hydrogen-bond acceptors (Lipinski definition) is 5. The minimum absolute atomic E-state index is 0.0414. The van der Waals surface area contributed by atoms with Gasteiger partial charge in [-0.25, -0.2) is 4.98 Å². The number of hydrogen-bond donors (Lipinski definition) is 1. The summed E-state index contributed by atoms with van der Waals surface area (Å²) in [6.45, 7) is 0.262. The Morgan fingerprint density at radius 2 is 1.91 bits per heavy atom. The zero-order valence-electron chi connectivity index (χ0n) is 17.8. The smallest absolute Gasteiger partial charge is 0.239 e. The fourth-order valence-corrected chi connectivity index (χ4v) is 4.53. The van der Waals surface area contributed by atoms with Crippen molar-refractivity contribution in [2.24, 2.45) is 0 Å². The molecule has 166 valence electrons. The van der Waals surface area contributed by atoms with Gasteiger partial charge in [-0.3, -0.25) is 14.0 Å². The summed E-state index contributed by atoms with van der Waals surface area (Å²) in [5, 5.41) is 13.8. The number of nitrogens with one attached hydrogen (secondary N) is 1. The molecule has 2 amide bonds. The predicted molar refractivity (Wildman–Crippen MR) is 131 cm³/mol. The molecule has 0 radical (unpaired) electrons. The van der Waals surface area contributed by atoms with Gasteiger partial charge in [-0.1, -0.05) is 40.2 Å². The van der Waals surface area contributed by atoms with Gasteiger partial charge in [0.15, 0.2) is 4.96 Å². The Hall–Kier alpha value is -3.48. The van der Waals surface area contributed by atoms with Crippen LogP contribution in [0.15, 0.2) is 64.6 Å². The second kappa shape index (κ2) is 9.98. The normalized spacial score (nSPS) is 10.7. The molecule has 7 nitrogen and oxygen atoms in total. The van der Waals surface area contributed by atoms with Gasteiger partial charge in [0, 0.05) is 16.9 Å². The van der Waals surface area contributed by atoms with E-state index in [2.05, 4.69) is 32.3 Å². The van der Waals surface area contributed by atoms with Gasteiger partial charge in [-0.05, 0) is 35.4 Å². The number of nitrogens with zero attached hydrogens (tertiary/aromatic N) is 4. The number of imidazole rings is 1. The third-order valence-electron chi connectivity index (χ3n) is 5.17. The van der Waals surface area contributed by atoms with Crippen molar-refractivity contribution in [1.82, 2.24) is 19.6 Å². The average Bonchev–Trinajstić information content (AvgIpc) is 3.41. The van der Waals surface area contributed by atoms with E-state index >= 15 is 0 Å². The van der Waals surface area contributed by atoms with Crippen molar-refractivity contribution in [3.63, 3.8) is 0 Å². The van der Waals surface area contributed by atoms with Crippen LogP contribution in [0.3, 0.4) is 0 Å². The fourth-order valence-electron chi connectivity index (χ4n) is 3.37. The molecule has 2 heterocycles. The minimum Gasteiger partial charge on any atom is -0.349 e. The predicted octanol–water partition coefficient (Wildman–Crippen LogP) is 4.01. The first kappa shape index (κ1) is 22.7. The molecule has 0 aliphatic heterocycles. The molecular formula is C24H20BrN5O2S. The molecule has 9 heteroatoms. The largest absolute Gasteiger partial charge is 0.349 e. The minimum atomic E-state index is -0.249. The van der Waals surface area contributed by atoms with Crippen LogP contribution in [0, 0.1) is 11.3 Å². The van der Waals surface area contributed by atoms with E-state index < -0.39 is 0 Å². The maximum atomic E-state index is 12.5. The highest BCUT2D eigenvalue weighted by molar-refractivity contribution is 9.10. The summed E-state index contributed by atoms with van der Waals surface area (Å²) in [7, 11) is 1.60. The lowest BCUT2D eigenvalue weighted by Crippen LogP contribution is -2.38. The molecule has 4 rings (SSSR count). The highest BCUT2D eigenvalue weighted by Crippen LogP contribution is 2.28. The summed E-state index contributed by atoms with van der Waals surface area (Å²) in [6, 6.07) is 16.9. The number of likely N-dealkylation sites (N-methyl/N-ethyl adjacent to an activating group) is 1. The number of fused-ring (bicyclic) bond motifs is 1. The zero-order chi connectivity index (χ0) is 23.4. The second-order valence-corrected chi connectivity index (χ2v) is 9.26. The lowest BCUT2D eigenvalue weighted by Gasteiger charge is -2.17. The maximum absolute atomic E-state index is 12.5. The van der Waals surface area contributed by atoms with Crippen LogP contribution in [-0.2, 0) is 22.6 Å². The van der Waals surface area contributed by atoms with Crippen molar-refractivity contribution < 1.29 is 9.59 Å². The van der Waals surface area contributed by atoms with Crippen LogP contribution < -0.4 is 5.32 Å². The van der Waals surface area contributed by atoms with E-state index in [0.717, 1.165) is 31.9 Å². The fraction of sp³-hybridized carbons (Fsp3) is 0.167. The zero-order valence-corrected chi connectivity index (χ0v) is 20.2. The lowest BCUT2D eigenvalue weighted by atomic mass is 10.1. The quantitative estimate of drug-likeness (QED) is 0.397. The van der Waals surface area contributed by atoms with Crippen LogP contribution >= 0.6 is 27.3 Å². The standard InChI is InChI=1S/C24H20BrN5O2S/c1-29(23(32)10-16-2-4-17(11-26)5-3-16)14-22(31)27-12-20-13-28-24-30(20)21(15-33-24)18-6-8-19(25)9-7-18/h2-9,13,15H,10,12,14H2,1H3,(H,27,31). The third-order valence-corrected chi connectivity index (χ3v) is 6.54. The average molecular weight is 522 g/mol. The third kappa shape index (κ3) is 5.30. The van der Waals surface area contributed by atoms with Gasteiger partial charge in [0.2, 0.25) is 11.8 Å². The molecule has 4 aromatic rings. The van der Waals surface area contributed by atoms with Gasteiger partial charge < -0.3 is 10.2 Å². The van der Waals surface area contributed by atoms with Gasteiger partial charge in [-0.15, -0.1) is 11.3 Å². The molecule has 0 spiro atoms. The highest BCUT2D eigenvalue weighted by atomic mass is 79.9. The number of carbonyl (C=O) groups excluding carboxylic acids is 2. The molecule has 0 bridgehead atoms. The van der Waals surface area contributed by atoms with E-state index in [-0.39, 0.29) is 24.8 Å². The Labute approximate surface area is 203 Å². The molecule has 33 heavy (non-hydrogen) atoms. The lowest BCUT2D eigenvalue weighted by molar-refractivity contribution is -0.134. The van der Waals surface area contributed by atoms with E-state index in [1.165, 1.54) is 4.90 Å². The van der Waals surface area contributed by atoms with Gasteiger partial charge in [0.25, 0.3) is 0 Å². The van der Waals surface area contributed by atoms with Gasteiger partial charge in [0.1, 0.15) is 0 Å². The molecule has 2 aromatic carbocycles. The van der Waals surface area contributed by atoms with E-state index in [1.807, 2.05) is 34.0 Å². The van der Waals surface area contributed by atoms with Crippen LogP contribution in [0.1, 0.15) is 16.8 Å². The maximum Gasteiger partial charge on any atom is 0.239 e. The number of rotatable bonds is 7. The summed E-state index contributed by atoms with van der Waals surface area (Å²) >= 11 is 5.00. The number of carbonyl (C=O) groups is 2. The van der Waals surface area contributed by atoms with Gasteiger partial charge in [-0.2, -0.15) is 5.26 Å². The van der Waals surface area contributed by atoms with Crippen LogP contribution in [0.4, 0.5) is 0 Å². The molecule has 2 aromatic heterocycles. The molecule has 0 aliphatic rings. The van der Waals surface area contributed by atoms with E-state index in [9.17, 15) is 9.59 Å². The van der Waals surface area contributed by atoms with Gasteiger partial charge >= 0.3 is 0 Å². The van der Waals surface area contributed by atoms with Crippen LogP contribution in [0.2, 0.25) is 0 Å². The Morgan fingerprint density at radius 3 is 2.61 bits per heavy atom. The Bertz CT molecular complexity index is 1340. The Morgan fingerprint density at radius 1 is 1.18 bits per heavy atom. The number of aromatic nitrogens is 2. The summed E-state index contributed by atoms with van der Waals surface area (Å²) in [5.74, 6) is -0.419. The summed E-state index contributed by atoms with van der Waals surface area (Å²) in [6.07, 6.45) is 1.93. The Kier molecular flexibility index (Phi) is 6.87. The van der Waals surface area contributed by atoms with Crippen LogP contribution in [0.25, 0.3) is 16.2 Å². The van der Waals surface area contributed by atoms with Crippen molar-refractivity contribution in [3.8, 4) is 17.3 Å². The van der Waals surface area contributed by atoms with Crippen molar-refractivity contribution >= 4 is 44.0 Å². The highest BCUT2D eigenvalue weighted by Gasteiger charge is 2.16. The van der Waals surface area contributed by atoms with Crippen LogP contribution in [-0.4, -0.2) is 39.7 Å². The topological polar surface area (TPSA) is 90.5 Å².